The summed E-state index contributed by atoms with van der Waals surface area (Å²) < 4.78 is 0. The molecule has 0 aromatic heterocycles. The van der Waals surface area contributed by atoms with Crippen LogP contribution in [0.4, 0.5) is 0 Å². The third-order valence-corrected chi connectivity index (χ3v) is 1.76. The van der Waals surface area contributed by atoms with Crippen molar-refractivity contribution in [2.45, 2.75) is 13.2 Å². The zero-order chi connectivity index (χ0) is 8.97. The first-order valence-corrected chi connectivity index (χ1v) is 3.62. The predicted octanol–water partition coefficient (Wildman–Crippen LogP) is 0.653. The molecule has 62 valence electrons. The second-order valence-corrected chi connectivity index (χ2v) is 2.40. The molecule has 0 bridgehead atoms. The minimum atomic E-state index is -0.129. The summed E-state index contributed by atoms with van der Waals surface area (Å²) in [7, 11) is 0. The zero-order valence-electron chi connectivity index (χ0n) is 6.62. The van der Waals surface area contributed by atoms with E-state index in [0.29, 0.717) is 16.7 Å². The summed E-state index contributed by atoms with van der Waals surface area (Å²) in [6, 6.07) is 5.25. The predicted molar refractivity (Wildman–Crippen MR) is 46.2 cm³/mol. The summed E-state index contributed by atoms with van der Waals surface area (Å²) in [5.74, 6) is 2.45. The van der Waals surface area contributed by atoms with Crippen molar-refractivity contribution in [1.29, 1.82) is 0 Å². The Hall–Kier alpha value is -1.30. The Labute approximate surface area is 71.5 Å². The first-order chi connectivity index (χ1) is 5.83. The Kier molecular flexibility index (Phi) is 2.87. The van der Waals surface area contributed by atoms with Gasteiger partial charge in [-0.05, 0) is 17.2 Å². The van der Waals surface area contributed by atoms with Crippen molar-refractivity contribution >= 4 is 0 Å². The fraction of sp³-hybridized carbons (Fsp3) is 0.200. The van der Waals surface area contributed by atoms with Gasteiger partial charge in [0, 0.05) is 5.56 Å². The topological polar surface area (TPSA) is 40.5 Å². The lowest BCUT2D eigenvalue weighted by Gasteiger charge is -2.05. The third-order valence-electron chi connectivity index (χ3n) is 1.76. The van der Waals surface area contributed by atoms with Crippen molar-refractivity contribution in [3.05, 3.63) is 34.9 Å². The Bertz CT molecular complexity index is 310. The fourth-order valence-corrected chi connectivity index (χ4v) is 1.10. The summed E-state index contributed by atoms with van der Waals surface area (Å²) in [5.41, 5.74) is 1.97. The van der Waals surface area contributed by atoms with Gasteiger partial charge in [0.15, 0.2) is 0 Å². The summed E-state index contributed by atoms with van der Waals surface area (Å²) in [6.45, 7) is -0.221. The number of hydrogen-bond acceptors (Lipinski definition) is 2. The molecule has 0 aliphatic rings. The Balaban J connectivity index is 3.24. The van der Waals surface area contributed by atoms with E-state index in [-0.39, 0.29) is 13.2 Å². The molecule has 0 radical (unpaired) electrons. The van der Waals surface area contributed by atoms with Crippen LogP contribution < -0.4 is 0 Å². The second-order valence-electron chi connectivity index (χ2n) is 2.40. The molecule has 12 heavy (non-hydrogen) atoms. The highest BCUT2D eigenvalue weighted by molar-refractivity contribution is 5.43. The number of aliphatic hydroxyl groups is 2. The zero-order valence-corrected chi connectivity index (χ0v) is 6.62. The Morgan fingerprint density at radius 1 is 1.25 bits per heavy atom. The van der Waals surface area contributed by atoms with E-state index in [0.717, 1.165) is 0 Å². The molecule has 0 fully saturated rings. The van der Waals surface area contributed by atoms with E-state index in [4.69, 9.17) is 16.6 Å². The monoisotopic (exact) mass is 162 g/mol. The smallest absolute Gasteiger partial charge is 0.0697 e. The molecule has 1 aromatic rings. The van der Waals surface area contributed by atoms with Crippen LogP contribution in [0.2, 0.25) is 0 Å². The maximum Gasteiger partial charge on any atom is 0.0697 e. The molecular weight excluding hydrogens is 152 g/mol. The highest BCUT2D eigenvalue weighted by Gasteiger charge is 2.03. The molecule has 1 aromatic carbocycles. The van der Waals surface area contributed by atoms with Crippen molar-refractivity contribution in [1.82, 2.24) is 0 Å². The van der Waals surface area contributed by atoms with Crippen LogP contribution in [0.25, 0.3) is 0 Å². The van der Waals surface area contributed by atoms with Gasteiger partial charge in [-0.15, -0.1) is 6.42 Å². The largest absolute Gasteiger partial charge is 0.392 e. The van der Waals surface area contributed by atoms with Gasteiger partial charge in [-0.1, -0.05) is 18.1 Å². The minimum absolute atomic E-state index is 0.0919. The molecule has 0 aliphatic heterocycles. The van der Waals surface area contributed by atoms with E-state index in [1.807, 2.05) is 0 Å². The van der Waals surface area contributed by atoms with Gasteiger partial charge in [0.25, 0.3) is 0 Å². The SMILES string of the molecule is C#Cc1cccc(CO)c1CO. The molecule has 1 rings (SSSR count). The summed E-state index contributed by atoms with van der Waals surface area (Å²) in [5, 5.41) is 17.8. The van der Waals surface area contributed by atoms with Crippen LogP contribution in [0.15, 0.2) is 18.2 Å². The second kappa shape index (κ2) is 3.91. The first kappa shape index (κ1) is 8.79. The summed E-state index contributed by atoms with van der Waals surface area (Å²) in [4.78, 5) is 0. The van der Waals surface area contributed by atoms with Crippen molar-refractivity contribution in [2.24, 2.45) is 0 Å². The van der Waals surface area contributed by atoms with Crippen molar-refractivity contribution < 1.29 is 10.2 Å². The molecule has 0 heterocycles. The molecular formula is C10H10O2. The van der Waals surface area contributed by atoms with E-state index >= 15 is 0 Å². The molecule has 2 N–H and O–H groups in total. The van der Waals surface area contributed by atoms with Gasteiger partial charge in [0.1, 0.15) is 0 Å². The molecule has 0 saturated heterocycles. The number of aliphatic hydroxyl groups excluding tert-OH is 2. The highest BCUT2D eigenvalue weighted by Crippen LogP contribution is 2.13. The lowest BCUT2D eigenvalue weighted by atomic mass is 10.0. The van der Waals surface area contributed by atoms with Crippen LogP contribution in [0.1, 0.15) is 16.7 Å². The van der Waals surface area contributed by atoms with E-state index in [1.165, 1.54) is 0 Å². The van der Waals surface area contributed by atoms with Gasteiger partial charge in [-0.3, -0.25) is 0 Å². The lowest BCUT2D eigenvalue weighted by Crippen LogP contribution is -1.97. The van der Waals surface area contributed by atoms with Crippen LogP contribution in [-0.4, -0.2) is 10.2 Å². The molecule has 0 atom stereocenters. The van der Waals surface area contributed by atoms with E-state index < -0.39 is 0 Å². The molecule has 0 saturated carbocycles. The van der Waals surface area contributed by atoms with E-state index in [9.17, 15) is 0 Å². The van der Waals surface area contributed by atoms with Gasteiger partial charge in [-0.2, -0.15) is 0 Å². The van der Waals surface area contributed by atoms with Crippen molar-refractivity contribution in [3.63, 3.8) is 0 Å². The molecule has 2 heteroatoms. The molecule has 0 amide bonds. The van der Waals surface area contributed by atoms with Crippen LogP contribution in [0.3, 0.4) is 0 Å². The van der Waals surface area contributed by atoms with Gasteiger partial charge in [0.2, 0.25) is 0 Å². The number of terminal acetylenes is 1. The van der Waals surface area contributed by atoms with Crippen LogP contribution >= 0.6 is 0 Å². The standard InChI is InChI=1S/C10H10O2/c1-2-8-4-3-5-9(6-11)10(8)7-12/h1,3-5,11-12H,6-7H2. The fourth-order valence-electron chi connectivity index (χ4n) is 1.10. The highest BCUT2D eigenvalue weighted by atomic mass is 16.3. The van der Waals surface area contributed by atoms with Crippen LogP contribution in [-0.2, 0) is 13.2 Å². The molecule has 2 nitrogen and oxygen atoms in total. The average Bonchev–Trinajstić information content (AvgIpc) is 2.16. The third kappa shape index (κ3) is 1.48. The Morgan fingerprint density at radius 2 is 2.00 bits per heavy atom. The summed E-state index contributed by atoms with van der Waals surface area (Å²) >= 11 is 0. The van der Waals surface area contributed by atoms with Crippen molar-refractivity contribution in [3.8, 4) is 12.3 Å². The molecule has 0 spiro atoms. The maximum absolute atomic E-state index is 8.95. The normalized spacial score (nSPS) is 9.42. The van der Waals surface area contributed by atoms with Crippen molar-refractivity contribution in [2.75, 3.05) is 0 Å². The van der Waals surface area contributed by atoms with Gasteiger partial charge < -0.3 is 10.2 Å². The lowest BCUT2D eigenvalue weighted by molar-refractivity contribution is 0.260. The minimum Gasteiger partial charge on any atom is -0.392 e. The van der Waals surface area contributed by atoms with Crippen LogP contribution in [0, 0.1) is 12.3 Å². The molecule has 0 unspecified atom stereocenters. The van der Waals surface area contributed by atoms with Crippen LogP contribution in [0.5, 0.6) is 0 Å². The van der Waals surface area contributed by atoms with Gasteiger partial charge >= 0.3 is 0 Å². The maximum atomic E-state index is 8.95. The Morgan fingerprint density at radius 3 is 2.50 bits per heavy atom. The molecule has 0 aliphatic carbocycles. The van der Waals surface area contributed by atoms with E-state index in [2.05, 4.69) is 5.92 Å². The van der Waals surface area contributed by atoms with Gasteiger partial charge in [-0.25, -0.2) is 0 Å². The van der Waals surface area contributed by atoms with Gasteiger partial charge in [0.05, 0.1) is 13.2 Å². The first-order valence-electron chi connectivity index (χ1n) is 3.62. The number of hydrogen-bond donors (Lipinski definition) is 2. The average molecular weight is 162 g/mol. The summed E-state index contributed by atoms with van der Waals surface area (Å²) in [6.07, 6.45) is 5.21. The van der Waals surface area contributed by atoms with E-state index in [1.54, 1.807) is 18.2 Å². The quantitative estimate of drug-likeness (QED) is 0.627. The number of benzene rings is 1. The number of rotatable bonds is 2.